The van der Waals surface area contributed by atoms with Gasteiger partial charge in [0.1, 0.15) is 6.61 Å². The first kappa shape index (κ1) is 17.9. The molecule has 2 aromatic carbocycles. The van der Waals surface area contributed by atoms with Crippen LogP contribution in [0.2, 0.25) is 5.02 Å². The van der Waals surface area contributed by atoms with Gasteiger partial charge in [-0.2, -0.15) is 5.10 Å². The molecule has 1 heterocycles. The van der Waals surface area contributed by atoms with Gasteiger partial charge in [0.2, 0.25) is 6.10 Å². The third kappa shape index (κ3) is 4.00. The quantitative estimate of drug-likeness (QED) is 0.618. The fraction of sp³-hybridized carbons (Fsp3) is 0.222. The monoisotopic (exact) mass is 376 g/mol. The summed E-state index contributed by atoms with van der Waals surface area (Å²) in [7, 11) is 0. The van der Waals surface area contributed by atoms with E-state index in [2.05, 4.69) is 10.5 Å². The summed E-state index contributed by atoms with van der Waals surface area (Å²) >= 11 is 5.95. The van der Waals surface area contributed by atoms with E-state index in [1.165, 1.54) is 12.3 Å². The Kier molecular flexibility index (Phi) is 5.48. The van der Waals surface area contributed by atoms with Crippen molar-refractivity contribution < 1.29 is 24.1 Å². The predicted molar refractivity (Wildman–Crippen MR) is 96.4 cm³/mol. The number of phenols is 1. The van der Waals surface area contributed by atoms with Gasteiger partial charge < -0.3 is 19.3 Å². The van der Waals surface area contributed by atoms with Crippen molar-refractivity contribution in [1.82, 2.24) is 5.43 Å². The number of nitrogens with one attached hydrogen (secondary N) is 1. The third-order valence-electron chi connectivity index (χ3n) is 3.54. The van der Waals surface area contributed by atoms with Crippen molar-refractivity contribution in [1.29, 1.82) is 0 Å². The number of carbonyl (C=O) groups is 1. The lowest BCUT2D eigenvalue weighted by molar-refractivity contribution is -0.130. The molecule has 0 fully saturated rings. The van der Waals surface area contributed by atoms with Crippen LogP contribution in [-0.4, -0.2) is 36.5 Å². The molecule has 2 N–H and O–H groups in total. The number of fused-ring (bicyclic) bond motifs is 1. The van der Waals surface area contributed by atoms with E-state index < -0.39 is 12.0 Å². The smallest absolute Gasteiger partial charge is 0.284 e. The number of para-hydroxylation sites is 2. The lowest BCUT2D eigenvalue weighted by atomic mass is 10.2. The van der Waals surface area contributed by atoms with Gasteiger partial charge in [0.15, 0.2) is 23.0 Å². The molecule has 0 aliphatic carbocycles. The first-order valence-corrected chi connectivity index (χ1v) is 8.33. The molecule has 0 saturated heterocycles. The minimum absolute atomic E-state index is 0.0951. The number of aromatic hydroxyl groups is 1. The molecule has 1 atom stereocenters. The van der Waals surface area contributed by atoms with Crippen LogP contribution in [0.25, 0.3) is 0 Å². The highest BCUT2D eigenvalue weighted by atomic mass is 35.5. The van der Waals surface area contributed by atoms with Crippen LogP contribution in [0.15, 0.2) is 41.5 Å². The molecule has 0 spiro atoms. The fourth-order valence-electron chi connectivity index (χ4n) is 2.33. The Morgan fingerprint density at radius 1 is 1.42 bits per heavy atom. The van der Waals surface area contributed by atoms with Gasteiger partial charge in [0.25, 0.3) is 5.91 Å². The van der Waals surface area contributed by atoms with E-state index in [4.69, 9.17) is 25.8 Å². The Morgan fingerprint density at radius 2 is 2.19 bits per heavy atom. The summed E-state index contributed by atoms with van der Waals surface area (Å²) in [5, 5.41) is 13.8. The second-order valence-corrected chi connectivity index (χ2v) is 5.79. The summed E-state index contributed by atoms with van der Waals surface area (Å²) in [5.74, 6) is 0.775. The van der Waals surface area contributed by atoms with Crippen LogP contribution in [0, 0.1) is 0 Å². The number of benzene rings is 2. The van der Waals surface area contributed by atoms with Gasteiger partial charge in [-0.05, 0) is 36.8 Å². The summed E-state index contributed by atoms with van der Waals surface area (Å²) in [4.78, 5) is 12.2. The maximum absolute atomic E-state index is 12.2. The summed E-state index contributed by atoms with van der Waals surface area (Å²) in [6, 6.07) is 10.2. The number of amides is 1. The Bertz CT molecular complexity index is 840. The largest absolute Gasteiger partial charge is 0.503 e. The van der Waals surface area contributed by atoms with Crippen LogP contribution in [0.1, 0.15) is 12.5 Å². The predicted octanol–water partition coefficient (Wildman–Crippen LogP) is 2.73. The molecule has 0 aromatic heterocycles. The second kappa shape index (κ2) is 7.97. The van der Waals surface area contributed by atoms with Crippen molar-refractivity contribution in [2.45, 2.75) is 13.0 Å². The van der Waals surface area contributed by atoms with E-state index in [1.54, 1.807) is 31.2 Å². The molecule has 1 amide bonds. The molecule has 136 valence electrons. The maximum atomic E-state index is 12.2. The number of nitrogens with zero attached hydrogens (tertiary/aromatic N) is 1. The molecule has 0 radical (unpaired) electrons. The third-order valence-corrected chi connectivity index (χ3v) is 3.83. The molecule has 8 heteroatoms. The summed E-state index contributed by atoms with van der Waals surface area (Å²) in [6.45, 7) is 2.26. The first-order chi connectivity index (χ1) is 12.6. The summed E-state index contributed by atoms with van der Waals surface area (Å²) in [5.41, 5.74) is 2.95. The van der Waals surface area contributed by atoms with Crippen molar-refractivity contribution in [3.05, 3.63) is 47.0 Å². The van der Waals surface area contributed by atoms with Crippen molar-refractivity contribution in [3.8, 4) is 23.0 Å². The van der Waals surface area contributed by atoms with Crippen LogP contribution >= 0.6 is 11.6 Å². The molecule has 0 bridgehead atoms. The average molecular weight is 377 g/mol. The van der Waals surface area contributed by atoms with Gasteiger partial charge in [-0.15, -0.1) is 0 Å². The normalized spacial score (nSPS) is 15.7. The highest BCUT2D eigenvalue weighted by molar-refractivity contribution is 6.32. The Labute approximate surface area is 155 Å². The van der Waals surface area contributed by atoms with Crippen LogP contribution < -0.4 is 19.6 Å². The van der Waals surface area contributed by atoms with Crippen LogP contribution in [0.5, 0.6) is 23.0 Å². The van der Waals surface area contributed by atoms with E-state index in [9.17, 15) is 9.90 Å². The molecule has 3 rings (SSSR count). The van der Waals surface area contributed by atoms with E-state index in [-0.39, 0.29) is 23.1 Å². The zero-order valence-corrected chi connectivity index (χ0v) is 14.7. The van der Waals surface area contributed by atoms with E-state index in [1.807, 2.05) is 6.07 Å². The molecule has 1 aliphatic rings. The van der Waals surface area contributed by atoms with Gasteiger partial charge in [-0.1, -0.05) is 23.7 Å². The highest BCUT2D eigenvalue weighted by Gasteiger charge is 2.27. The molecular formula is C18H17ClN2O5. The number of halogens is 1. The standard InChI is InChI=1S/C18H17ClN2O5/c1-2-24-15-8-11(7-12(19)17(15)22)9-20-21-18(23)16-10-25-13-5-3-4-6-14(13)26-16/h3-9,16,22H,2,10H2,1H3,(H,21,23)/b20-9-. The number of hydrogen-bond acceptors (Lipinski definition) is 6. The van der Waals surface area contributed by atoms with E-state index in [0.717, 1.165) is 0 Å². The van der Waals surface area contributed by atoms with E-state index >= 15 is 0 Å². The molecule has 26 heavy (non-hydrogen) atoms. The van der Waals surface area contributed by atoms with Gasteiger partial charge in [0, 0.05) is 0 Å². The van der Waals surface area contributed by atoms with Gasteiger partial charge >= 0.3 is 0 Å². The van der Waals surface area contributed by atoms with Crippen molar-refractivity contribution >= 4 is 23.7 Å². The highest BCUT2D eigenvalue weighted by Crippen LogP contribution is 2.34. The summed E-state index contributed by atoms with van der Waals surface area (Å²) in [6.07, 6.45) is 0.591. The van der Waals surface area contributed by atoms with Gasteiger partial charge in [0.05, 0.1) is 17.8 Å². The summed E-state index contributed by atoms with van der Waals surface area (Å²) < 4.78 is 16.4. The fourth-order valence-corrected chi connectivity index (χ4v) is 2.54. The van der Waals surface area contributed by atoms with Crippen molar-refractivity contribution in [2.75, 3.05) is 13.2 Å². The lowest BCUT2D eigenvalue weighted by Gasteiger charge is -2.24. The first-order valence-electron chi connectivity index (χ1n) is 7.95. The molecule has 1 aliphatic heterocycles. The lowest BCUT2D eigenvalue weighted by Crippen LogP contribution is -2.42. The van der Waals surface area contributed by atoms with Gasteiger partial charge in [-0.3, -0.25) is 4.79 Å². The van der Waals surface area contributed by atoms with Crippen LogP contribution in [0.4, 0.5) is 0 Å². The van der Waals surface area contributed by atoms with E-state index in [0.29, 0.717) is 23.7 Å². The number of rotatable bonds is 5. The van der Waals surface area contributed by atoms with Crippen molar-refractivity contribution in [3.63, 3.8) is 0 Å². The molecule has 2 aromatic rings. The number of ether oxygens (including phenoxy) is 3. The zero-order valence-electron chi connectivity index (χ0n) is 13.9. The van der Waals surface area contributed by atoms with Crippen molar-refractivity contribution in [2.24, 2.45) is 5.10 Å². The molecular weight excluding hydrogens is 360 g/mol. The van der Waals surface area contributed by atoms with Gasteiger partial charge in [-0.25, -0.2) is 5.43 Å². The average Bonchev–Trinajstić information content (AvgIpc) is 2.65. The molecule has 7 nitrogen and oxygen atoms in total. The Balaban J connectivity index is 1.63. The Morgan fingerprint density at radius 3 is 2.96 bits per heavy atom. The topological polar surface area (TPSA) is 89.4 Å². The number of hydrogen-bond donors (Lipinski definition) is 2. The van der Waals surface area contributed by atoms with Crippen LogP contribution in [0.3, 0.4) is 0 Å². The second-order valence-electron chi connectivity index (χ2n) is 5.38. The minimum Gasteiger partial charge on any atom is -0.503 e. The number of hydrazone groups is 1. The SMILES string of the molecule is CCOc1cc(/C=N\NC(=O)C2COc3ccccc3O2)cc(Cl)c1O. The Hall–Kier alpha value is -2.93. The number of carbonyl (C=O) groups excluding carboxylic acids is 1. The number of phenolic OH excluding ortho intramolecular Hbond substituents is 1. The maximum Gasteiger partial charge on any atom is 0.284 e. The van der Waals surface area contributed by atoms with Crippen LogP contribution in [-0.2, 0) is 4.79 Å². The zero-order chi connectivity index (χ0) is 18.5. The molecule has 0 saturated carbocycles. The molecule has 1 unspecified atom stereocenters. The minimum atomic E-state index is -0.801.